The Morgan fingerprint density at radius 3 is 2.48 bits per heavy atom. The molecule has 0 aromatic heterocycles. The lowest BCUT2D eigenvalue weighted by molar-refractivity contribution is -0.194. The van der Waals surface area contributed by atoms with Crippen LogP contribution >= 0.6 is 0 Å². The second kappa shape index (κ2) is 6.99. The summed E-state index contributed by atoms with van der Waals surface area (Å²) in [7, 11) is 0. The molecular formula is C15H16F3NO4. The molecule has 23 heavy (non-hydrogen) atoms. The third kappa shape index (κ3) is 4.44. The number of carbonyl (C=O) groups excluding carboxylic acids is 2. The van der Waals surface area contributed by atoms with E-state index in [1.165, 1.54) is 0 Å². The quantitative estimate of drug-likeness (QED) is 0.855. The Bertz CT molecular complexity index is 562. The summed E-state index contributed by atoms with van der Waals surface area (Å²) in [6.45, 7) is -0.629. The fourth-order valence-corrected chi connectivity index (χ4v) is 2.41. The van der Waals surface area contributed by atoms with Crippen molar-refractivity contribution in [2.75, 3.05) is 6.54 Å². The SMILES string of the molecule is O=C(OCc1ccccc1)[C@H]1CC[C@@H](O)CN1C(=O)C(F)(F)F. The van der Waals surface area contributed by atoms with Crippen molar-refractivity contribution in [3.63, 3.8) is 0 Å². The number of rotatable bonds is 3. The lowest BCUT2D eigenvalue weighted by Gasteiger charge is -2.36. The van der Waals surface area contributed by atoms with Crippen LogP contribution in [-0.4, -0.2) is 46.7 Å². The minimum absolute atomic E-state index is 0.0728. The number of amides is 1. The number of alkyl halides is 3. The molecule has 0 radical (unpaired) electrons. The summed E-state index contributed by atoms with van der Waals surface area (Å²) in [4.78, 5) is 23.8. The van der Waals surface area contributed by atoms with E-state index in [9.17, 15) is 27.9 Å². The predicted octanol–water partition coefficient (Wildman–Crippen LogP) is 1.64. The van der Waals surface area contributed by atoms with Gasteiger partial charge in [0, 0.05) is 6.54 Å². The number of likely N-dealkylation sites (tertiary alicyclic amines) is 1. The van der Waals surface area contributed by atoms with E-state index in [0.717, 1.165) is 0 Å². The zero-order valence-electron chi connectivity index (χ0n) is 12.1. The molecule has 1 N–H and O–H groups in total. The van der Waals surface area contributed by atoms with E-state index in [4.69, 9.17) is 4.74 Å². The normalized spacial score (nSPS) is 21.8. The maximum absolute atomic E-state index is 12.6. The Morgan fingerprint density at radius 1 is 1.22 bits per heavy atom. The highest BCUT2D eigenvalue weighted by Crippen LogP contribution is 2.26. The van der Waals surface area contributed by atoms with Gasteiger partial charge in [-0.25, -0.2) is 4.79 Å². The fourth-order valence-electron chi connectivity index (χ4n) is 2.41. The van der Waals surface area contributed by atoms with Crippen molar-refractivity contribution in [3.05, 3.63) is 35.9 Å². The first kappa shape index (κ1) is 17.3. The summed E-state index contributed by atoms with van der Waals surface area (Å²) in [5.74, 6) is -3.05. The predicted molar refractivity (Wildman–Crippen MR) is 73.0 cm³/mol. The fraction of sp³-hybridized carbons (Fsp3) is 0.467. The third-order valence-electron chi connectivity index (χ3n) is 3.56. The number of aliphatic hydroxyl groups excluding tert-OH is 1. The van der Waals surface area contributed by atoms with Crippen LogP contribution < -0.4 is 0 Å². The van der Waals surface area contributed by atoms with E-state index in [2.05, 4.69) is 0 Å². The summed E-state index contributed by atoms with van der Waals surface area (Å²) in [6.07, 6.45) is -6.13. The van der Waals surface area contributed by atoms with Crippen LogP contribution in [0.15, 0.2) is 30.3 Å². The van der Waals surface area contributed by atoms with Gasteiger partial charge in [0.25, 0.3) is 0 Å². The van der Waals surface area contributed by atoms with Gasteiger partial charge in [0.1, 0.15) is 12.6 Å². The highest BCUT2D eigenvalue weighted by molar-refractivity contribution is 5.88. The van der Waals surface area contributed by atoms with Gasteiger partial charge in [-0.05, 0) is 18.4 Å². The molecule has 0 unspecified atom stereocenters. The number of nitrogens with zero attached hydrogens (tertiary/aromatic N) is 1. The molecule has 0 aliphatic carbocycles. The van der Waals surface area contributed by atoms with E-state index < -0.39 is 36.7 Å². The van der Waals surface area contributed by atoms with Crippen molar-refractivity contribution >= 4 is 11.9 Å². The van der Waals surface area contributed by atoms with Gasteiger partial charge < -0.3 is 14.7 Å². The topological polar surface area (TPSA) is 66.8 Å². The molecule has 1 amide bonds. The second-order valence-corrected chi connectivity index (χ2v) is 5.30. The molecule has 0 saturated carbocycles. The molecule has 8 heteroatoms. The molecule has 2 atom stereocenters. The molecule has 0 spiro atoms. The zero-order valence-corrected chi connectivity index (χ0v) is 12.1. The Hall–Kier alpha value is -2.09. The Kier molecular flexibility index (Phi) is 5.25. The van der Waals surface area contributed by atoms with Gasteiger partial charge in [-0.15, -0.1) is 0 Å². The minimum atomic E-state index is -5.10. The van der Waals surface area contributed by atoms with E-state index in [0.29, 0.717) is 10.5 Å². The van der Waals surface area contributed by atoms with Crippen LogP contribution in [0.25, 0.3) is 0 Å². The third-order valence-corrected chi connectivity index (χ3v) is 3.56. The van der Waals surface area contributed by atoms with E-state index in [1.807, 2.05) is 0 Å². The number of benzene rings is 1. The Balaban J connectivity index is 2.05. The zero-order chi connectivity index (χ0) is 17.0. The summed E-state index contributed by atoms with van der Waals surface area (Å²) in [5, 5.41) is 9.49. The number of carbonyl (C=O) groups is 2. The van der Waals surface area contributed by atoms with Gasteiger partial charge in [0.15, 0.2) is 0 Å². The molecule has 1 aliphatic heterocycles. The first-order valence-corrected chi connectivity index (χ1v) is 7.05. The van der Waals surface area contributed by atoms with Crippen LogP contribution in [0.5, 0.6) is 0 Å². The van der Waals surface area contributed by atoms with Crippen molar-refractivity contribution in [2.24, 2.45) is 0 Å². The van der Waals surface area contributed by atoms with Gasteiger partial charge in [0.2, 0.25) is 0 Å². The van der Waals surface area contributed by atoms with Crippen molar-refractivity contribution in [1.82, 2.24) is 4.90 Å². The second-order valence-electron chi connectivity index (χ2n) is 5.30. The van der Waals surface area contributed by atoms with E-state index >= 15 is 0 Å². The average molecular weight is 331 g/mol. The number of aliphatic hydroxyl groups is 1. The number of hydrogen-bond donors (Lipinski definition) is 1. The molecule has 1 heterocycles. The first-order chi connectivity index (χ1) is 10.8. The van der Waals surface area contributed by atoms with Crippen molar-refractivity contribution in [1.29, 1.82) is 0 Å². The number of hydrogen-bond acceptors (Lipinski definition) is 4. The molecule has 0 bridgehead atoms. The van der Waals surface area contributed by atoms with Crippen molar-refractivity contribution in [3.8, 4) is 0 Å². The summed E-state index contributed by atoms with van der Waals surface area (Å²) < 4.78 is 42.9. The number of piperidine rings is 1. The van der Waals surface area contributed by atoms with Crippen molar-refractivity contribution in [2.45, 2.75) is 37.8 Å². The Morgan fingerprint density at radius 2 is 1.87 bits per heavy atom. The van der Waals surface area contributed by atoms with Crippen LogP contribution in [0.2, 0.25) is 0 Å². The summed E-state index contributed by atoms with van der Waals surface area (Å²) in [6, 6.07) is 7.32. The summed E-state index contributed by atoms with van der Waals surface area (Å²) in [5.41, 5.74) is 0.686. The van der Waals surface area contributed by atoms with Crippen LogP contribution in [-0.2, 0) is 20.9 Å². The maximum atomic E-state index is 12.6. The molecular weight excluding hydrogens is 315 g/mol. The standard InChI is InChI=1S/C15H16F3NO4/c16-15(17,18)14(22)19-8-11(20)6-7-12(19)13(21)23-9-10-4-2-1-3-5-10/h1-5,11-12,20H,6-9H2/t11-,12-/m1/s1. The van der Waals surface area contributed by atoms with Crippen LogP contribution in [0, 0.1) is 0 Å². The molecule has 1 aliphatic rings. The van der Waals surface area contributed by atoms with E-state index in [1.54, 1.807) is 30.3 Å². The number of halogens is 3. The van der Waals surface area contributed by atoms with Gasteiger partial charge >= 0.3 is 18.1 Å². The van der Waals surface area contributed by atoms with E-state index in [-0.39, 0.29) is 19.4 Å². The number of β-amino-alcohol motifs (C(OH)–C–C–N with tert-alkyl or cyclic N) is 1. The molecule has 1 aromatic rings. The van der Waals surface area contributed by atoms with Gasteiger partial charge in [-0.2, -0.15) is 13.2 Å². The van der Waals surface area contributed by atoms with Crippen molar-refractivity contribution < 1.29 is 32.6 Å². The lowest BCUT2D eigenvalue weighted by atomic mass is 10.00. The molecule has 1 saturated heterocycles. The smallest absolute Gasteiger partial charge is 0.459 e. The summed E-state index contributed by atoms with van der Waals surface area (Å²) >= 11 is 0. The molecule has 126 valence electrons. The lowest BCUT2D eigenvalue weighted by Crippen LogP contribution is -2.56. The monoisotopic (exact) mass is 331 g/mol. The molecule has 5 nitrogen and oxygen atoms in total. The van der Waals surface area contributed by atoms with Gasteiger partial charge in [-0.3, -0.25) is 4.79 Å². The van der Waals surface area contributed by atoms with Crippen LogP contribution in [0.3, 0.4) is 0 Å². The molecule has 1 aromatic carbocycles. The highest BCUT2D eigenvalue weighted by Gasteiger charge is 2.48. The van der Waals surface area contributed by atoms with Gasteiger partial charge in [-0.1, -0.05) is 30.3 Å². The molecule has 1 fully saturated rings. The maximum Gasteiger partial charge on any atom is 0.471 e. The highest BCUT2D eigenvalue weighted by atomic mass is 19.4. The van der Waals surface area contributed by atoms with Crippen LogP contribution in [0.1, 0.15) is 18.4 Å². The van der Waals surface area contributed by atoms with Crippen LogP contribution in [0.4, 0.5) is 13.2 Å². The Labute approximate surface area is 130 Å². The minimum Gasteiger partial charge on any atom is -0.459 e. The number of ether oxygens (including phenoxy) is 1. The first-order valence-electron chi connectivity index (χ1n) is 7.05. The largest absolute Gasteiger partial charge is 0.471 e. The van der Waals surface area contributed by atoms with Gasteiger partial charge in [0.05, 0.1) is 6.10 Å². The number of esters is 1. The molecule has 2 rings (SSSR count). The average Bonchev–Trinajstić information content (AvgIpc) is 2.52.